The Morgan fingerprint density at radius 2 is 2.31 bits per heavy atom. The van der Waals surface area contributed by atoms with Crippen molar-refractivity contribution in [3.05, 3.63) is 0 Å². The molecule has 1 aliphatic rings. The molecule has 0 aromatic carbocycles. The molecule has 0 bridgehead atoms. The Morgan fingerprint density at radius 1 is 1.56 bits per heavy atom. The van der Waals surface area contributed by atoms with Crippen LogP contribution in [-0.4, -0.2) is 47.6 Å². The lowest BCUT2D eigenvalue weighted by atomic mass is 10.1. The fourth-order valence-corrected chi connectivity index (χ4v) is 2.06. The monoisotopic (exact) mass is 228 g/mol. The molecule has 1 atom stereocenters. The zero-order chi connectivity index (χ0) is 12.0. The third-order valence-electron chi connectivity index (χ3n) is 2.91. The summed E-state index contributed by atoms with van der Waals surface area (Å²) >= 11 is 0. The van der Waals surface area contributed by atoms with Gasteiger partial charge in [-0.2, -0.15) is 0 Å². The van der Waals surface area contributed by atoms with E-state index in [1.54, 1.807) is 0 Å². The van der Waals surface area contributed by atoms with E-state index in [2.05, 4.69) is 10.2 Å². The second-order valence-electron chi connectivity index (χ2n) is 4.10. The Kier molecular flexibility index (Phi) is 5.25. The number of rotatable bonds is 6. The maximum atomic E-state index is 11.5. The van der Waals surface area contributed by atoms with Crippen molar-refractivity contribution in [3.8, 4) is 0 Å². The lowest BCUT2D eigenvalue weighted by Gasteiger charge is -2.34. The summed E-state index contributed by atoms with van der Waals surface area (Å²) in [6.45, 7) is 4.39. The SMILES string of the molecule is CCC1C(=O)NCCN1CCCCC(=O)O. The topological polar surface area (TPSA) is 69.6 Å². The summed E-state index contributed by atoms with van der Waals surface area (Å²) in [5.41, 5.74) is 0. The zero-order valence-electron chi connectivity index (χ0n) is 9.74. The molecule has 1 heterocycles. The maximum absolute atomic E-state index is 11.5. The molecule has 0 aromatic rings. The van der Waals surface area contributed by atoms with Crippen molar-refractivity contribution in [3.63, 3.8) is 0 Å². The Morgan fingerprint density at radius 3 is 2.94 bits per heavy atom. The van der Waals surface area contributed by atoms with E-state index in [0.29, 0.717) is 13.0 Å². The van der Waals surface area contributed by atoms with E-state index < -0.39 is 5.97 Å². The highest BCUT2D eigenvalue weighted by Gasteiger charge is 2.27. The van der Waals surface area contributed by atoms with Gasteiger partial charge >= 0.3 is 5.97 Å². The Balaban J connectivity index is 2.28. The summed E-state index contributed by atoms with van der Waals surface area (Å²) in [4.78, 5) is 24.0. The van der Waals surface area contributed by atoms with Gasteiger partial charge in [-0.1, -0.05) is 6.92 Å². The normalized spacial score (nSPS) is 21.8. The number of carboxylic acid groups (broad SMARTS) is 1. The first-order valence-electron chi connectivity index (χ1n) is 5.88. The zero-order valence-corrected chi connectivity index (χ0v) is 9.74. The van der Waals surface area contributed by atoms with Crippen molar-refractivity contribution in [1.82, 2.24) is 10.2 Å². The fourth-order valence-electron chi connectivity index (χ4n) is 2.06. The average Bonchev–Trinajstić information content (AvgIpc) is 2.24. The molecule has 0 aliphatic carbocycles. The van der Waals surface area contributed by atoms with E-state index in [1.807, 2.05) is 6.92 Å². The van der Waals surface area contributed by atoms with Crippen LogP contribution in [0.3, 0.4) is 0 Å². The van der Waals surface area contributed by atoms with Crippen LogP contribution >= 0.6 is 0 Å². The molecule has 5 heteroatoms. The van der Waals surface area contributed by atoms with E-state index >= 15 is 0 Å². The number of nitrogens with zero attached hydrogens (tertiary/aromatic N) is 1. The van der Waals surface area contributed by atoms with Gasteiger partial charge in [0.1, 0.15) is 0 Å². The number of aliphatic carboxylic acids is 1. The number of hydrogen-bond donors (Lipinski definition) is 2. The second-order valence-corrected chi connectivity index (χ2v) is 4.10. The van der Waals surface area contributed by atoms with Gasteiger partial charge in [0.2, 0.25) is 5.91 Å². The van der Waals surface area contributed by atoms with Crippen molar-refractivity contribution in [2.45, 2.75) is 38.6 Å². The summed E-state index contributed by atoms with van der Waals surface area (Å²) in [6.07, 6.45) is 2.56. The van der Waals surface area contributed by atoms with Crippen LogP contribution in [0.5, 0.6) is 0 Å². The van der Waals surface area contributed by atoms with Crippen LogP contribution in [0.4, 0.5) is 0 Å². The van der Waals surface area contributed by atoms with Crippen LogP contribution in [0.25, 0.3) is 0 Å². The summed E-state index contributed by atoms with van der Waals surface area (Å²) < 4.78 is 0. The molecule has 2 N–H and O–H groups in total. The van der Waals surface area contributed by atoms with Gasteiger partial charge in [-0.15, -0.1) is 0 Å². The lowest BCUT2D eigenvalue weighted by Crippen LogP contribution is -2.55. The molecule has 1 saturated heterocycles. The number of carbonyl (C=O) groups excluding carboxylic acids is 1. The number of piperazine rings is 1. The van der Waals surface area contributed by atoms with Crippen molar-refractivity contribution in [2.24, 2.45) is 0 Å². The smallest absolute Gasteiger partial charge is 0.303 e. The van der Waals surface area contributed by atoms with E-state index in [4.69, 9.17) is 5.11 Å². The molecule has 0 spiro atoms. The molecule has 1 rings (SSSR count). The number of carboxylic acids is 1. The number of hydrogen-bond acceptors (Lipinski definition) is 3. The average molecular weight is 228 g/mol. The van der Waals surface area contributed by atoms with Gasteiger partial charge in [-0.3, -0.25) is 14.5 Å². The molecule has 0 saturated carbocycles. The first kappa shape index (κ1) is 13.0. The molecular weight excluding hydrogens is 208 g/mol. The largest absolute Gasteiger partial charge is 0.481 e. The fraction of sp³-hybridized carbons (Fsp3) is 0.818. The standard InChI is InChI=1S/C11H20N2O3/c1-2-9-11(16)12-6-8-13(9)7-4-3-5-10(14)15/h9H,2-8H2,1H3,(H,12,16)(H,14,15). The molecule has 1 fully saturated rings. The highest BCUT2D eigenvalue weighted by Crippen LogP contribution is 2.10. The minimum atomic E-state index is -0.747. The van der Waals surface area contributed by atoms with Crippen LogP contribution in [0, 0.1) is 0 Å². The quantitative estimate of drug-likeness (QED) is 0.648. The Hall–Kier alpha value is -1.10. The molecule has 0 aromatic heterocycles. The van der Waals surface area contributed by atoms with E-state index in [-0.39, 0.29) is 18.4 Å². The second kappa shape index (κ2) is 6.48. The third-order valence-corrected chi connectivity index (χ3v) is 2.91. The van der Waals surface area contributed by atoms with Crippen molar-refractivity contribution in [2.75, 3.05) is 19.6 Å². The van der Waals surface area contributed by atoms with Crippen molar-refractivity contribution >= 4 is 11.9 Å². The van der Waals surface area contributed by atoms with Gasteiger partial charge in [-0.05, 0) is 25.8 Å². The van der Waals surface area contributed by atoms with Crippen LogP contribution in [0.2, 0.25) is 0 Å². The molecule has 1 amide bonds. The van der Waals surface area contributed by atoms with Crippen LogP contribution in [-0.2, 0) is 9.59 Å². The summed E-state index contributed by atoms with van der Waals surface area (Å²) in [6, 6.07) is -0.0291. The number of carbonyl (C=O) groups is 2. The molecular formula is C11H20N2O3. The maximum Gasteiger partial charge on any atom is 0.303 e. The summed E-state index contributed by atoms with van der Waals surface area (Å²) in [5.74, 6) is -0.643. The van der Waals surface area contributed by atoms with Crippen LogP contribution < -0.4 is 5.32 Å². The predicted molar refractivity (Wildman–Crippen MR) is 60.1 cm³/mol. The Bertz CT molecular complexity index is 256. The van der Waals surface area contributed by atoms with Crippen LogP contribution in [0.15, 0.2) is 0 Å². The van der Waals surface area contributed by atoms with Crippen molar-refractivity contribution in [1.29, 1.82) is 0 Å². The van der Waals surface area contributed by atoms with Gasteiger partial charge in [0.15, 0.2) is 0 Å². The van der Waals surface area contributed by atoms with Crippen molar-refractivity contribution < 1.29 is 14.7 Å². The molecule has 92 valence electrons. The van der Waals surface area contributed by atoms with Gasteiger partial charge in [-0.25, -0.2) is 0 Å². The van der Waals surface area contributed by atoms with Gasteiger partial charge in [0.25, 0.3) is 0 Å². The van der Waals surface area contributed by atoms with Gasteiger partial charge in [0.05, 0.1) is 6.04 Å². The van der Waals surface area contributed by atoms with Gasteiger partial charge < -0.3 is 10.4 Å². The van der Waals surface area contributed by atoms with E-state index in [1.165, 1.54) is 0 Å². The first-order valence-corrected chi connectivity index (χ1v) is 5.88. The first-order chi connectivity index (χ1) is 7.65. The Labute approximate surface area is 95.8 Å². The molecule has 0 radical (unpaired) electrons. The summed E-state index contributed by atoms with van der Waals surface area (Å²) in [5, 5.41) is 11.4. The number of amides is 1. The minimum absolute atomic E-state index is 0.0291. The number of nitrogens with one attached hydrogen (secondary N) is 1. The summed E-state index contributed by atoms with van der Waals surface area (Å²) in [7, 11) is 0. The third kappa shape index (κ3) is 3.81. The predicted octanol–water partition coefficient (Wildman–Crippen LogP) is 0.452. The van der Waals surface area contributed by atoms with E-state index in [9.17, 15) is 9.59 Å². The molecule has 5 nitrogen and oxygen atoms in total. The highest BCUT2D eigenvalue weighted by atomic mass is 16.4. The van der Waals surface area contributed by atoms with E-state index in [0.717, 1.165) is 25.9 Å². The number of unbranched alkanes of at least 4 members (excludes halogenated alkanes) is 1. The molecule has 1 unspecified atom stereocenters. The van der Waals surface area contributed by atoms with Gasteiger partial charge in [0, 0.05) is 19.5 Å². The molecule has 1 aliphatic heterocycles. The van der Waals surface area contributed by atoms with Crippen LogP contribution in [0.1, 0.15) is 32.6 Å². The minimum Gasteiger partial charge on any atom is -0.481 e. The molecule has 16 heavy (non-hydrogen) atoms. The lowest BCUT2D eigenvalue weighted by molar-refractivity contribution is -0.137. The highest BCUT2D eigenvalue weighted by molar-refractivity contribution is 5.82.